The van der Waals surface area contributed by atoms with Crippen molar-refractivity contribution in [3.8, 4) is 0 Å². The fourth-order valence-electron chi connectivity index (χ4n) is 0.754. The smallest absolute Gasteiger partial charge is 0.350 e. The molecule has 0 aromatic carbocycles. The second-order valence-electron chi connectivity index (χ2n) is 2.45. The van der Waals surface area contributed by atoms with Gasteiger partial charge >= 0.3 is 5.97 Å². The number of nitrogen functional groups attached to an aromatic ring is 1. The Morgan fingerprint density at radius 3 is 2.86 bits per heavy atom. The van der Waals surface area contributed by atoms with E-state index in [0.29, 0.717) is 10.6 Å². The first kappa shape index (κ1) is 10.5. The maximum Gasteiger partial charge on any atom is 0.350 e. The van der Waals surface area contributed by atoms with Gasteiger partial charge in [-0.1, -0.05) is 0 Å². The van der Waals surface area contributed by atoms with Gasteiger partial charge in [0.05, 0.1) is 5.69 Å². The van der Waals surface area contributed by atoms with Crippen molar-refractivity contribution >= 4 is 28.9 Å². The monoisotopic (exact) mass is 214 g/mol. The zero-order chi connectivity index (χ0) is 10.6. The molecule has 1 amide bonds. The third kappa shape index (κ3) is 2.46. The first-order valence-electron chi connectivity index (χ1n) is 3.86. The highest BCUT2D eigenvalue weighted by Gasteiger charge is 2.13. The summed E-state index contributed by atoms with van der Waals surface area (Å²) in [5.74, 6) is -0.922. The van der Waals surface area contributed by atoms with Crippen molar-refractivity contribution in [2.24, 2.45) is 0 Å². The lowest BCUT2D eigenvalue weighted by molar-refractivity contribution is -0.123. The van der Waals surface area contributed by atoms with Gasteiger partial charge in [0.2, 0.25) is 0 Å². The Balaban J connectivity index is 2.52. The molecule has 0 unspecified atom stereocenters. The maximum absolute atomic E-state index is 11.3. The van der Waals surface area contributed by atoms with Crippen LogP contribution in [0.4, 0.5) is 5.69 Å². The number of anilines is 1. The summed E-state index contributed by atoms with van der Waals surface area (Å²) in [6.45, 7) is -0.285. The Morgan fingerprint density at radius 1 is 1.64 bits per heavy atom. The second-order valence-corrected chi connectivity index (χ2v) is 3.37. The van der Waals surface area contributed by atoms with Crippen LogP contribution in [0.25, 0.3) is 0 Å². The number of nitrogens with one attached hydrogen (secondary N) is 1. The van der Waals surface area contributed by atoms with E-state index in [1.54, 1.807) is 11.4 Å². The first-order valence-corrected chi connectivity index (χ1v) is 4.73. The number of ether oxygens (including phenoxy) is 1. The van der Waals surface area contributed by atoms with Crippen molar-refractivity contribution in [3.05, 3.63) is 16.3 Å². The van der Waals surface area contributed by atoms with Crippen LogP contribution in [0.5, 0.6) is 0 Å². The van der Waals surface area contributed by atoms with E-state index in [1.807, 2.05) is 0 Å². The molecule has 0 spiro atoms. The highest BCUT2D eigenvalue weighted by atomic mass is 32.1. The van der Waals surface area contributed by atoms with Crippen LogP contribution < -0.4 is 11.1 Å². The summed E-state index contributed by atoms with van der Waals surface area (Å²) in [7, 11) is 1.47. The summed E-state index contributed by atoms with van der Waals surface area (Å²) >= 11 is 1.19. The van der Waals surface area contributed by atoms with Gasteiger partial charge in [-0.3, -0.25) is 4.79 Å². The lowest BCUT2D eigenvalue weighted by atomic mass is 10.4. The molecule has 0 bridgehead atoms. The van der Waals surface area contributed by atoms with E-state index >= 15 is 0 Å². The van der Waals surface area contributed by atoms with Crippen LogP contribution in [0, 0.1) is 0 Å². The number of hydrogen-bond donors (Lipinski definition) is 2. The maximum atomic E-state index is 11.3. The van der Waals surface area contributed by atoms with Crippen LogP contribution in [0.3, 0.4) is 0 Å². The molecule has 1 aromatic heterocycles. The minimum Gasteiger partial charge on any atom is -0.451 e. The number of carbonyl (C=O) groups is 2. The number of esters is 1. The van der Waals surface area contributed by atoms with E-state index in [-0.39, 0.29) is 12.5 Å². The third-order valence-corrected chi connectivity index (χ3v) is 2.40. The van der Waals surface area contributed by atoms with Crippen molar-refractivity contribution in [2.45, 2.75) is 0 Å². The molecule has 0 radical (unpaired) electrons. The SMILES string of the molecule is CNC(=O)COC(=O)c1sccc1N. The van der Waals surface area contributed by atoms with Crippen LogP contribution in [0.15, 0.2) is 11.4 Å². The van der Waals surface area contributed by atoms with Gasteiger partial charge in [-0.2, -0.15) is 0 Å². The molecule has 0 fully saturated rings. The molecule has 0 atom stereocenters. The molecule has 14 heavy (non-hydrogen) atoms. The Bertz CT molecular complexity index is 348. The number of rotatable bonds is 3. The molecule has 0 aliphatic heterocycles. The molecule has 5 nitrogen and oxygen atoms in total. The Hall–Kier alpha value is -1.56. The van der Waals surface area contributed by atoms with Gasteiger partial charge in [0.1, 0.15) is 4.88 Å². The zero-order valence-corrected chi connectivity index (χ0v) is 8.39. The van der Waals surface area contributed by atoms with Crippen LogP contribution >= 0.6 is 11.3 Å². The zero-order valence-electron chi connectivity index (χ0n) is 7.57. The molecule has 0 aliphatic rings. The number of amides is 1. The molecule has 1 rings (SSSR count). The van der Waals surface area contributed by atoms with Gasteiger partial charge in [-0.15, -0.1) is 11.3 Å². The van der Waals surface area contributed by atoms with E-state index in [2.05, 4.69) is 5.32 Å². The lowest BCUT2D eigenvalue weighted by Gasteiger charge is -2.02. The van der Waals surface area contributed by atoms with Gasteiger partial charge < -0.3 is 15.8 Å². The summed E-state index contributed by atoms with van der Waals surface area (Å²) in [6, 6.07) is 1.61. The molecular weight excluding hydrogens is 204 g/mol. The van der Waals surface area contributed by atoms with E-state index in [9.17, 15) is 9.59 Å². The molecular formula is C8H10N2O3S. The predicted molar refractivity (Wildman–Crippen MR) is 53.1 cm³/mol. The molecule has 76 valence electrons. The van der Waals surface area contributed by atoms with E-state index in [4.69, 9.17) is 10.5 Å². The molecule has 0 saturated carbocycles. The standard InChI is InChI=1S/C8H10N2O3S/c1-10-6(11)4-13-8(12)7-5(9)2-3-14-7/h2-3H,4,9H2,1H3,(H,10,11). The van der Waals surface area contributed by atoms with Crippen LogP contribution in [0.2, 0.25) is 0 Å². The number of thiophene rings is 1. The summed E-state index contributed by atoms with van der Waals surface area (Å²) in [6.07, 6.45) is 0. The Morgan fingerprint density at radius 2 is 2.36 bits per heavy atom. The quantitative estimate of drug-likeness (QED) is 0.706. The summed E-state index contributed by atoms with van der Waals surface area (Å²) < 4.78 is 4.70. The number of likely N-dealkylation sites (N-methyl/N-ethyl adjacent to an activating group) is 1. The second kappa shape index (κ2) is 4.61. The lowest BCUT2D eigenvalue weighted by Crippen LogP contribution is -2.25. The number of hydrogen-bond acceptors (Lipinski definition) is 5. The van der Waals surface area contributed by atoms with Gasteiger partial charge in [-0.25, -0.2) is 4.79 Å². The highest BCUT2D eigenvalue weighted by molar-refractivity contribution is 7.12. The van der Waals surface area contributed by atoms with Gasteiger partial charge in [0.25, 0.3) is 5.91 Å². The normalized spacial score (nSPS) is 9.50. The average Bonchev–Trinajstić information content (AvgIpc) is 2.60. The molecule has 1 aromatic rings. The van der Waals surface area contributed by atoms with E-state index in [1.165, 1.54) is 18.4 Å². The Labute approximate surface area is 84.9 Å². The van der Waals surface area contributed by atoms with Crippen molar-refractivity contribution in [1.29, 1.82) is 0 Å². The highest BCUT2D eigenvalue weighted by Crippen LogP contribution is 2.19. The molecule has 1 heterocycles. The molecule has 0 aliphatic carbocycles. The number of nitrogens with two attached hydrogens (primary N) is 1. The minimum absolute atomic E-state index is 0.285. The van der Waals surface area contributed by atoms with Gasteiger partial charge in [0.15, 0.2) is 6.61 Å². The first-order chi connectivity index (χ1) is 6.65. The van der Waals surface area contributed by atoms with E-state index in [0.717, 1.165) is 0 Å². The fraction of sp³-hybridized carbons (Fsp3) is 0.250. The fourth-order valence-corrected chi connectivity index (χ4v) is 1.46. The van der Waals surface area contributed by atoms with Crippen LogP contribution in [0.1, 0.15) is 9.67 Å². The summed E-state index contributed by atoms with van der Waals surface area (Å²) in [4.78, 5) is 22.4. The predicted octanol–water partition coefficient (Wildman–Crippen LogP) is 0.233. The van der Waals surface area contributed by atoms with Crippen LogP contribution in [-0.2, 0) is 9.53 Å². The van der Waals surface area contributed by atoms with Gasteiger partial charge in [0, 0.05) is 7.05 Å². The van der Waals surface area contributed by atoms with Crippen molar-refractivity contribution in [3.63, 3.8) is 0 Å². The number of carbonyl (C=O) groups excluding carboxylic acids is 2. The average molecular weight is 214 g/mol. The Kier molecular flexibility index (Phi) is 3.47. The summed E-state index contributed by atoms with van der Waals surface area (Å²) in [5, 5.41) is 4.02. The molecule has 3 N–H and O–H groups in total. The topological polar surface area (TPSA) is 81.4 Å². The van der Waals surface area contributed by atoms with E-state index < -0.39 is 5.97 Å². The van der Waals surface area contributed by atoms with Gasteiger partial charge in [-0.05, 0) is 11.4 Å². The minimum atomic E-state index is -0.568. The molecule has 0 saturated heterocycles. The largest absolute Gasteiger partial charge is 0.451 e. The van der Waals surface area contributed by atoms with Crippen LogP contribution in [-0.4, -0.2) is 25.5 Å². The van der Waals surface area contributed by atoms with Crippen molar-refractivity contribution in [1.82, 2.24) is 5.32 Å². The third-order valence-electron chi connectivity index (χ3n) is 1.49. The van der Waals surface area contributed by atoms with Crippen molar-refractivity contribution in [2.75, 3.05) is 19.4 Å². The summed E-state index contributed by atoms with van der Waals surface area (Å²) in [5.41, 5.74) is 5.86. The van der Waals surface area contributed by atoms with Crippen molar-refractivity contribution < 1.29 is 14.3 Å². The molecule has 6 heteroatoms.